The summed E-state index contributed by atoms with van der Waals surface area (Å²) in [6.45, 7) is 5.84. The molecule has 4 rings (SSSR count). The molecule has 1 aliphatic heterocycles. The van der Waals surface area contributed by atoms with Crippen LogP contribution in [0.3, 0.4) is 0 Å². The fourth-order valence-corrected chi connectivity index (χ4v) is 3.84. The zero-order valence-electron chi connectivity index (χ0n) is 18.5. The molecule has 34 heavy (non-hydrogen) atoms. The number of amidine groups is 1. The number of nitrogens with one attached hydrogen (secondary N) is 1. The fraction of sp³-hybridized carbons (Fsp3) is 0.154. The summed E-state index contributed by atoms with van der Waals surface area (Å²) in [5.74, 6) is -0.161. The van der Waals surface area contributed by atoms with Gasteiger partial charge in [0, 0.05) is 21.7 Å². The molecule has 0 aromatic heterocycles. The van der Waals surface area contributed by atoms with Crippen LogP contribution in [0.1, 0.15) is 29.7 Å². The van der Waals surface area contributed by atoms with Gasteiger partial charge < -0.3 is 10.2 Å². The van der Waals surface area contributed by atoms with E-state index in [9.17, 15) is 13.6 Å². The van der Waals surface area contributed by atoms with Gasteiger partial charge >= 0.3 is 0 Å². The Bertz CT molecular complexity index is 1250. The lowest BCUT2D eigenvalue weighted by molar-refractivity contribution is -0.122. The number of hydrogen-bond donors (Lipinski definition) is 1. The highest BCUT2D eigenvalue weighted by molar-refractivity contribution is 6.30. The van der Waals surface area contributed by atoms with Gasteiger partial charge in [0.2, 0.25) is 5.91 Å². The molecule has 1 N–H and O–H groups in total. The molecule has 5 nitrogen and oxygen atoms in total. The highest BCUT2D eigenvalue weighted by atomic mass is 35.5. The van der Waals surface area contributed by atoms with Crippen LogP contribution in [0.15, 0.2) is 90.3 Å². The normalized spacial score (nSPS) is 14.2. The molecule has 0 fully saturated rings. The molecule has 174 valence electrons. The topological polar surface area (TPSA) is 47.9 Å². The van der Waals surface area contributed by atoms with Gasteiger partial charge in [-0.25, -0.2) is 13.8 Å². The van der Waals surface area contributed by atoms with Crippen molar-refractivity contribution in [2.45, 2.75) is 19.5 Å². The van der Waals surface area contributed by atoms with Gasteiger partial charge in [-0.2, -0.15) is 5.10 Å². The highest BCUT2D eigenvalue weighted by Crippen LogP contribution is 2.27. The summed E-state index contributed by atoms with van der Waals surface area (Å²) in [6.07, 6.45) is 0. The van der Waals surface area contributed by atoms with Crippen molar-refractivity contribution in [3.8, 4) is 0 Å². The van der Waals surface area contributed by atoms with Crippen molar-refractivity contribution in [3.05, 3.63) is 119 Å². The Hall–Kier alpha value is -3.71. The Morgan fingerprint density at radius 3 is 2.35 bits per heavy atom. The molecule has 0 saturated carbocycles. The molecular formula is C26H23ClF2N4O. The van der Waals surface area contributed by atoms with E-state index >= 15 is 0 Å². The van der Waals surface area contributed by atoms with Crippen molar-refractivity contribution in [1.82, 2.24) is 15.2 Å². The molecule has 1 heterocycles. The minimum Gasteiger partial charge on any atom is -0.348 e. The first-order chi connectivity index (χ1) is 16.3. The number of carbonyl (C=O) groups is 1. The second kappa shape index (κ2) is 10.1. The van der Waals surface area contributed by atoms with Gasteiger partial charge in [-0.15, -0.1) is 0 Å². The smallest absolute Gasteiger partial charge is 0.242 e. The maximum absolute atomic E-state index is 14.4. The van der Waals surface area contributed by atoms with E-state index in [1.807, 2.05) is 0 Å². The summed E-state index contributed by atoms with van der Waals surface area (Å²) in [6, 6.07) is 19.3. The molecule has 1 atom stereocenters. The van der Waals surface area contributed by atoms with E-state index in [0.717, 1.165) is 5.56 Å². The lowest BCUT2D eigenvalue weighted by Gasteiger charge is -2.24. The Morgan fingerprint density at radius 2 is 1.68 bits per heavy atom. The summed E-state index contributed by atoms with van der Waals surface area (Å²) in [7, 11) is 0. The number of halogens is 3. The molecule has 0 radical (unpaired) electrons. The zero-order chi connectivity index (χ0) is 24.2. The molecule has 1 unspecified atom stereocenters. The summed E-state index contributed by atoms with van der Waals surface area (Å²) >= 11 is 6.03. The van der Waals surface area contributed by atoms with Crippen LogP contribution in [0.2, 0.25) is 5.02 Å². The first kappa shape index (κ1) is 23.4. The van der Waals surface area contributed by atoms with Crippen molar-refractivity contribution in [3.63, 3.8) is 0 Å². The highest BCUT2D eigenvalue weighted by Gasteiger charge is 2.30. The Morgan fingerprint density at radius 1 is 1.03 bits per heavy atom. The van der Waals surface area contributed by atoms with E-state index in [2.05, 4.69) is 17.0 Å². The van der Waals surface area contributed by atoms with Gasteiger partial charge in [-0.05, 0) is 43.3 Å². The van der Waals surface area contributed by atoms with Crippen LogP contribution in [-0.4, -0.2) is 28.2 Å². The van der Waals surface area contributed by atoms with Crippen LogP contribution in [0.4, 0.5) is 8.78 Å². The standard InChI is InChI=1S/C26H23ClF2N4O/c1-17(22-8-4-6-10-24(22)29)30-25(34)16-33-18(2)32(15-20-7-3-5-9-23(20)28)26(31-33)19-11-13-21(27)14-12-19/h3-14,17H,2,15-16H2,1H3,(H,30,34). The first-order valence-corrected chi connectivity index (χ1v) is 11.1. The van der Waals surface area contributed by atoms with Crippen molar-refractivity contribution in [2.24, 2.45) is 5.10 Å². The molecule has 0 saturated heterocycles. The fourth-order valence-electron chi connectivity index (χ4n) is 3.72. The van der Waals surface area contributed by atoms with Crippen LogP contribution in [0, 0.1) is 11.6 Å². The zero-order valence-corrected chi connectivity index (χ0v) is 19.3. The average molecular weight is 481 g/mol. The molecule has 1 amide bonds. The summed E-state index contributed by atoms with van der Waals surface area (Å²) in [5.41, 5.74) is 1.59. The quantitative estimate of drug-likeness (QED) is 0.489. The van der Waals surface area contributed by atoms with E-state index in [4.69, 9.17) is 11.6 Å². The predicted molar refractivity (Wildman–Crippen MR) is 129 cm³/mol. The third kappa shape index (κ3) is 5.10. The van der Waals surface area contributed by atoms with Gasteiger partial charge in [0.25, 0.3) is 0 Å². The van der Waals surface area contributed by atoms with Crippen LogP contribution in [0.5, 0.6) is 0 Å². The summed E-state index contributed by atoms with van der Waals surface area (Å²) in [5, 5.41) is 9.41. The van der Waals surface area contributed by atoms with E-state index < -0.39 is 6.04 Å². The number of carbonyl (C=O) groups excluding carboxylic acids is 1. The minimum atomic E-state index is -0.529. The van der Waals surface area contributed by atoms with Gasteiger partial charge in [0.05, 0.1) is 12.6 Å². The summed E-state index contributed by atoms with van der Waals surface area (Å²) < 4.78 is 28.4. The molecular weight excluding hydrogens is 458 g/mol. The van der Waals surface area contributed by atoms with Crippen molar-refractivity contribution >= 4 is 23.3 Å². The van der Waals surface area contributed by atoms with E-state index in [1.54, 1.807) is 72.5 Å². The van der Waals surface area contributed by atoms with Gasteiger partial charge in [-0.3, -0.25) is 4.79 Å². The maximum Gasteiger partial charge on any atom is 0.242 e. The second-order valence-corrected chi connectivity index (χ2v) is 8.33. The minimum absolute atomic E-state index is 0.136. The SMILES string of the molecule is C=C1N(CC(=O)NC(C)c2ccccc2F)N=C(c2ccc(Cl)cc2)N1Cc1ccccc1F. The Kier molecular flexibility index (Phi) is 6.93. The lowest BCUT2D eigenvalue weighted by Crippen LogP contribution is -2.36. The number of benzene rings is 3. The largest absolute Gasteiger partial charge is 0.348 e. The molecule has 0 aliphatic carbocycles. The van der Waals surface area contributed by atoms with E-state index in [0.29, 0.717) is 27.8 Å². The van der Waals surface area contributed by atoms with E-state index in [1.165, 1.54) is 17.1 Å². The first-order valence-electron chi connectivity index (χ1n) is 10.7. The molecule has 3 aromatic rings. The molecule has 1 aliphatic rings. The molecule has 8 heteroatoms. The average Bonchev–Trinajstić information content (AvgIpc) is 3.11. The predicted octanol–water partition coefficient (Wildman–Crippen LogP) is 5.45. The molecule has 3 aromatic carbocycles. The lowest BCUT2D eigenvalue weighted by atomic mass is 10.1. The number of rotatable bonds is 7. The van der Waals surface area contributed by atoms with Crippen molar-refractivity contribution < 1.29 is 13.6 Å². The van der Waals surface area contributed by atoms with Gasteiger partial charge in [-0.1, -0.05) is 54.6 Å². The van der Waals surface area contributed by atoms with Crippen molar-refractivity contribution in [2.75, 3.05) is 6.54 Å². The third-order valence-electron chi connectivity index (χ3n) is 5.51. The molecule has 0 spiro atoms. The monoisotopic (exact) mass is 480 g/mol. The van der Waals surface area contributed by atoms with Crippen LogP contribution < -0.4 is 5.32 Å². The number of hydrogen-bond acceptors (Lipinski definition) is 4. The van der Waals surface area contributed by atoms with Gasteiger partial charge in [0.15, 0.2) is 5.84 Å². The third-order valence-corrected chi connectivity index (χ3v) is 5.76. The van der Waals surface area contributed by atoms with Crippen molar-refractivity contribution in [1.29, 1.82) is 0 Å². The number of hydrazone groups is 1. The Balaban J connectivity index is 1.55. The number of amides is 1. The van der Waals surface area contributed by atoms with Crippen LogP contribution in [-0.2, 0) is 11.3 Å². The van der Waals surface area contributed by atoms with Gasteiger partial charge in [0.1, 0.15) is 24.0 Å². The Labute approximate surface area is 202 Å². The van der Waals surface area contributed by atoms with Crippen LogP contribution >= 0.6 is 11.6 Å². The summed E-state index contributed by atoms with van der Waals surface area (Å²) in [4.78, 5) is 14.5. The second-order valence-electron chi connectivity index (χ2n) is 7.89. The molecule has 0 bridgehead atoms. The number of nitrogens with zero attached hydrogens (tertiary/aromatic N) is 3. The maximum atomic E-state index is 14.4. The van der Waals surface area contributed by atoms with E-state index in [-0.39, 0.29) is 30.6 Å². The van der Waals surface area contributed by atoms with Crippen LogP contribution in [0.25, 0.3) is 0 Å².